The highest BCUT2D eigenvalue weighted by Crippen LogP contribution is 2.27. The minimum Gasteiger partial charge on any atom is -0.493 e. The number of rotatable bonds is 10. The number of aliphatic imine (C=N–C) groups is 1. The van der Waals surface area contributed by atoms with E-state index in [2.05, 4.69) is 26.6 Å². The Morgan fingerprint density at radius 2 is 1.66 bits per heavy atom. The van der Waals surface area contributed by atoms with Crippen LogP contribution in [0.4, 0.5) is 0 Å². The zero-order valence-electron chi connectivity index (χ0n) is 18.0. The minimum atomic E-state index is 0.612. The van der Waals surface area contributed by atoms with Crippen molar-refractivity contribution in [2.24, 2.45) is 4.99 Å². The maximum absolute atomic E-state index is 5.92. The Balaban J connectivity index is 1.91. The van der Waals surface area contributed by atoms with Crippen molar-refractivity contribution in [2.75, 3.05) is 48.5 Å². The van der Waals surface area contributed by atoms with E-state index in [0.717, 1.165) is 23.4 Å². The number of nitrogens with one attached hydrogen (secondary N) is 2. The highest BCUT2D eigenvalue weighted by molar-refractivity contribution is 5.79. The number of likely N-dealkylation sites (N-methyl/N-ethyl adjacent to an activating group) is 1. The maximum Gasteiger partial charge on any atom is 0.191 e. The Hall–Kier alpha value is -2.93. The van der Waals surface area contributed by atoms with Crippen molar-refractivity contribution in [1.82, 2.24) is 15.5 Å². The van der Waals surface area contributed by atoms with Crippen LogP contribution >= 0.6 is 0 Å². The van der Waals surface area contributed by atoms with Crippen LogP contribution in [0.2, 0.25) is 0 Å². The second-order valence-electron chi connectivity index (χ2n) is 6.73. The third kappa shape index (κ3) is 7.19. The van der Waals surface area contributed by atoms with E-state index in [4.69, 9.17) is 14.2 Å². The molecule has 0 radical (unpaired) electrons. The van der Waals surface area contributed by atoms with E-state index in [-0.39, 0.29) is 0 Å². The molecule has 2 N–H and O–H groups in total. The molecule has 0 saturated heterocycles. The van der Waals surface area contributed by atoms with Crippen LogP contribution < -0.4 is 24.8 Å². The second kappa shape index (κ2) is 11.8. The molecular formula is C22H32N4O3. The molecule has 2 rings (SSSR count). The number of benzene rings is 2. The molecule has 0 aliphatic heterocycles. The van der Waals surface area contributed by atoms with E-state index in [1.54, 1.807) is 21.3 Å². The first-order valence-electron chi connectivity index (χ1n) is 9.58. The lowest BCUT2D eigenvalue weighted by Crippen LogP contribution is -2.36. The molecule has 7 heteroatoms. The SMILES string of the molecule is CN=C(NCc1ccc(OC)c(OC)c1)NCc1ccccc1OCCN(C)C. The molecular weight excluding hydrogens is 368 g/mol. The van der Waals surface area contributed by atoms with Crippen molar-refractivity contribution in [3.05, 3.63) is 53.6 Å². The van der Waals surface area contributed by atoms with E-state index < -0.39 is 0 Å². The summed E-state index contributed by atoms with van der Waals surface area (Å²) in [6, 6.07) is 13.9. The standard InChI is InChI=1S/C22H32N4O3/c1-23-22(24-15-17-10-11-20(27-4)21(14-17)28-5)25-16-18-8-6-7-9-19(18)29-13-12-26(2)3/h6-11,14H,12-13,15-16H2,1-5H3,(H2,23,24,25). The van der Waals surface area contributed by atoms with E-state index in [0.29, 0.717) is 37.2 Å². The van der Waals surface area contributed by atoms with Gasteiger partial charge in [0, 0.05) is 32.2 Å². The summed E-state index contributed by atoms with van der Waals surface area (Å²) in [6.45, 7) is 2.75. The van der Waals surface area contributed by atoms with Crippen LogP contribution in [0, 0.1) is 0 Å². The molecule has 2 aromatic carbocycles. The largest absolute Gasteiger partial charge is 0.493 e. The number of nitrogens with zero attached hydrogens (tertiary/aromatic N) is 2. The first-order valence-corrected chi connectivity index (χ1v) is 9.58. The molecule has 0 bridgehead atoms. The van der Waals surface area contributed by atoms with Crippen LogP contribution in [0.1, 0.15) is 11.1 Å². The zero-order chi connectivity index (χ0) is 21.1. The summed E-state index contributed by atoms with van der Waals surface area (Å²) in [5, 5.41) is 6.66. The Kier molecular flexibility index (Phi) is 9.11. The van der Waals surface area contributed by atoms with Gasteiger partial charge >= 0.3 is 0 Å². The summed E-state index contributed by atoms with van der Waals surface area (Å²) in [5.41, 5.74) is 2.15. The summed E-state index contributed by atoms with van der Waals surface area (Å²) in [4.78, 5) is 6.40. The Morgan fingerprint density at radius 3 is 2.34 bits per heavy atom. The molecule has 29 heavy (non-hydrogen) atoms. The molecule has 158 valence electrons. The number of hydrogen-bond acceptors (Lipinski definition) is 5. The van der Waals surface area contributed by atoms with Gasteiger partial charge in [-0.15, -0.1) is 0 Å². The highest BCUT2D eigenvalue weighted by Gasteiger charge is 2.07. The van der Waals surface area contributed by atoms with Gasteiger partial charge in [-0.2, -0.15) is 0 Å². The van der Waals surface area contributed by atoms with Gasteiger partial charge < -0.3 is 29.7 Å². The maximum atomic E-state index is 5.92. The van der Waals surface area contributed by atoms with Gasteiger partial charge in [0.2, 0.25) is 0 Å². The third-order valence-corrected chi connectivity index (χ3v) is 4.35. The molecule has 0 aliphatic rings. The third-order valence-electron chi connectivity index (χ3n) is 4.35. The van der Waals surface area contributed by atoms with Crippen molar-refractivity contribution in [1.29, 1.82) is 0 Å². The number of para-hydroxylation sites is 1. The molecule has 0 atom stereocenters. The van der Waals surface area contributed by atoms with Crippen molar-refractivity contribution >= 4 is 5.96 Å². The summed E-state index contributed by atoms with van der Waals surface area (Å²) in [6.07, 6.45) is 0. The Bertz CT molecular complexity index is 793. The Labute approximate surface area is 173 Å². The van der Waals surface area contributed by atoms with E-state index in [1.165, 1.54) is 0 Å². The fourth-order valence-electron chi connectivity index (χ4n) is 2.70. The van der Waals surface area contributed by atoms with Crippen LogP contribution in [-0.4, -0.2) is 59.4 Å². The lowest BCUT2D eigenvalue weighted by Gasteiger charge is -2.16. The van der Waals surface area contributed by atoms with Gasteiger partial charge in [0.1, 0.15) is 12.4 Å². The van der Waals surface area contributed by atoms with E-state index >= 15 is 0 Å². The van der Waals surface area contributed by atoms with Crippen molar-refractivity contribution < 1.29 is 14.2 Å². The van der Waals surface area contributed by atoms with Gasteiger partial charge in [-0.3, -0.25) is 4.99 Å². The number of guanidine groups is 1. The van der Waals surface area contributed by atoms with Gasteiger partial charge in [-0.1, -0.05) is 24.3 Å². The van der Waals surface area contributed by atoms with Gasteiger partial charge in [0.15, 0.2) is 17.5 Å². The Morgan fingerprint density at radius 1 is 0.931 bits per heavy atom. The normalized spacial score (nSPS) is 11.3. The predicted molar refractivity (Wildman–Crippen MR) is 117 cm³/mol. The molecule has 0 aliphatic carbocycles. The monoisotopic (exact) mass is 400 g/mol. The van der Waals surface area contributed by atoms with Crippen LogP contribution in [0.15, 0.2) is 47.5 Å². The van der Waals surface area contributed by atoms with E-state index in [9.17, 15) is 0 Å². The molecule has 0 fully saturated rings. The molecule has 0 heterocycles. The van der Waals surface area contributed by atoms with Gasteiger partial charge in [0.05, 0.1) is 14.2 Å². The molecule has 2 aromatic rings. The van der Waals surface area contributed by atoms with Crippen molar-refractivity contribution in [2.45, 2.75) is 13.1 Å². The van der Waals surface area contributed by atoms with Crippen LogP contribution in [0.5, 0.6) is 17.2 Å². The molecule has 0 saturated carbocycles. The van der Waals surface area contributed by atoms with Gasteiger partial charge in [0.25, 0.3) is 0 Å². The molecule has 0 spiro atoms. The smallest absolute Gasteiger partial charge is 0.191 e. The average molecular weight is 401 g/mol. The first kappa shape index (κ1) is 22.4. The summed E-state index contributed by atoms with van der Waals surface area (Å²) < 4.78 is 16.6. The van der Waals surface area contributed by atoms with Crippen molar-refractivity contribution in [3.63, 3.8) is 0 Å². The molecule has 0 unspecified atom stereocenters. The quantitative estimate of drug-likeness (QED) is 0.472. The second-order valence-corrected chi connectivity index (χ2v) is 6.73. The fraction of sp³-hybridized carbons (Fsp3) is 0.409. The molecule has 7 nitrogen and oxygen atoms in total. The summed E-state index contributed by atoms with van der Waals surface area (Å²) >= 11 is 0. The molecule has 0 aromatic heterocycles. The zero-order valence-corrected chi connectivity index (χ0v) is 18.0. The average Bonchev–Trinajstić information content (AvgIpc) is 2.74. The van der Waals surface area contributed by atoms with Crippen LogP contribution in [0.25, 0.3) is 0 Å². The van der Waals surface area contributed by atoms with Gasteiger partial charge in [-0.05, 0) is 37.9 Å². The first-order chi connectivity index (χ1) is 14.1. The van der Waals surface area contributed by atoms with Gasteiger partial charge in [-0.25, -0.2) is 0 Å². The minimum absolute atomic E-state index is 0.612. The number of hydrogen-bond donors (Lipinski definition) is 2. The summed E-state index contributed by atoms with van der Waals surface area (Å²) in [5.74, 6) is 3.02. The summed E-state index contributed by atoms with van der Waals surface area (Å²) in [7, 11) is 9.08. The molecule has 0 amide bonds. The van der Waals surface area contributed by atoms with E-state index in [1.807, 2.05) is 50.5 Å². The number of ether oxygens (including phenoxy) is 3. The van der Waals surface area contributed by atoms with Crippen LogP contribution in [0.3, 0.4) is 0 Å². The predicted octanol–water partition coefficient (Wildman–Crippen LogP) is 2.51. The lowest BCUT2D eigenvalue weighted by molar-refractivity contribution is 0.259. The van der Waals surface area contributed by atoms with Crippen LogP contribution in [-0.2, 0) is 13.1 Å². The number of methoxy groups -OCH3 is 2. The topological polar surface area (TPSA) is 67.4 Å². The highest BCUT2D eigenvalue weighted by atomic mass is 16.5. The fourth-order valence-corrected chi connectivity index (χ4v) is 2.70. The van der Waals surface area contributed by atoms with Crippen molar-refractivity contribution in [3.8, 4) is 17.2 Å². The lowest BCUT2D eigenvalue weighted by atomic mass is 10.2.